The Balaban J connectivity index is 2.38. The molecule has 2 aromatic heterocycles. The second kappa shape index (κ2) is 6.06. The van der Waals surface area contributed by atoms with E-state index in [9.17, 15) is 4.79 Å². The van der Waals surface area contributed by atoms with E-state index in [2.05, 4.69) is 25.0 Å². The number of fused-ring (bicyclic) bond motifs is 1. The summed E-state index contributed by atoms with van der Waals surface area (Å²) in [6.45, 7) is 9.99. The summed E-state index contributed by atoms with van der Waals surface area (Å²) >= 11 is 0. The first-order chi connectivity index (χ1) is 11.8. The fourth-order valence-electron chi connectivity index (χ4n) is 3.44. The molecule has 0 unspecified atom stereocenters. The van der Waals surface area contributed by atoms with Gasteiger partial charge in [0.1, 0.15) is 11.3 Å². The summed E-state index contributed by atoms with van der Waals surface area (Å²) in [6, 6.07) is 3.92. The lowest BCUT2D eigenvalue weighted by atomic mass is 9.97. The molecule has 0 bridgehead atoms. The number of nitrogens with zero attached hydrogens (tertiary/aromatic N) is 2. The SMILES string of the molecule is COc1c(-c2cc(C(C)C)n(C)n2)cc2oc(=O)c(C)c(C)c2c1C. The van der Waals surface area contributed by atoms with E-state index >= 15 is 0 Å². The molecular formula is C20H24N2O3. The van der Waals surface area contributed by atoms with Crippen LogP contribution in [0.25, 0.3) is 22.2 Å². The van der Waals surface area contributed by atoms with Crippen LogP contribution in [0.4, 0.5) is 0 Å². The van der Waals surface area contributed by atoms with E-state index in [0.29, 0.717) is 17.1 Å². The average Bonchev–Trinajstić information content (AvgIpc) is 2.94. The van der Waals surface area contributed by atoms with Gasteiger partial charge in [0.2, 0.25) is 0 Å². The normalized spacial score (nSPS) is 11.5. The predicted molar refractivity (Wildman–Crippen MR) is 99.5 cm³/mol. The van der Waals surface area contributed by atoms with Gasteiger partial charge >= 0.3 is 5.63 Å². The molecule has 1 aromatic carbocycles. The number of aryl methyl sites for hydroxylation is 3. The minimum Gasteiger partial charge on any atom is -0.496 e. The highest BCUT2D eigenvalue weighted by atomic mass is 16.5. The van der Waals surface area contributed by atoms with E-state index in [1.54, 1.807) is 14.0 Å². The molecule has 2 heterocycles. The number of aromatic nitrogens is 2. The van der Waals surface area contributed by atoms with Crippen LogP contribution in [0.15, 0.2) is 21.3 Å². The molecule has 5 heteroatoms. The largest absolute Gasteiger partial charge is 0.496 e. The zero-order valence-corrected chi connectivity index (χ0v) is 15.9. The number of hydrogen-bond acceptors (Lipinski definition) is 4. The van der Waals surface area contributed by atoms with Crippen molar-refractivity contribution in [2.75, 3.05) is 7.11 Å². The zero-order chi connectivity index (χ0) is 18.5. The molecule has 132 valence electrons. The Labute approximate surface area is 147 Å². The van der Waals surface area contributed by atoms with Gasteiger partial charge in [-0.3, -0.25) is 4.68 Å². The van der Waals surface area contributed by atoms with Crippen molar-refractivity contribution in [2.24, 2.45) is 7.05 Å². The molecule has 0 fully saturated rings. The smallest absolute Gasteiger partial charge is 0.339 e. The molecule has 0 atom stereocenters. The number of hydrogen-bond donors (Lipinski definition) is 0. The molecule has 0 N–H and O–H groups in total. The summed E-state index contributed by atoms with van der Waals surface area (Å²) < 4.78 is 13.1. The lowest BCUT2D eigenvalue weighted by Gasteiger charge is -2.14. The van der Waals surface area contributed by atoms with E-state index in [4.69, 9.17) is 9.15 Å². The highest BCUT2D eigenvalue weighted by Crippen LogP contribution is 2.39. The summed E-state index contributed by atoms with van der Waals surface area (Å²) in [5, 5.41) is 5.57. The summed E-state index contributed by atoms with van der Waals surface area (Å²) in [6.07, 6.45) is 0. The van der Waals surface area contributed by atoms with Crippen LogP contribution in [0.1, 0.15) is 42.1 Å². The zero-order valence-electron chi connectivity index (χ0n) is 15.9. The van der Waals surface area contributed by atoms with Gasteiger partial charge in [-0.1, -0.05) is 13.8 Å². The summed E-state index contributed by atoms with van der Waals surface area (Å²) in [5.41, 5.74) is 5.56. The maximum absolute atomic E-state index is 12.1. The van der Waals surface area contributed by atoms with Gasteiger partial charge in [-0.15, -0.1) is 0 Å². The molecule has 0 saturated heterocycles. The molecule has 5 nitrogen and oxygen atoms in total. The molecule has 0 aliphatic carbocycles. The fraction of sp³-hybridized carbons (Fsp3) is 0.400. The van der Waals surface area contributed by atoms with Crippen LogP contribution in [0, 0.1) is 20.8 Å². The monoisotopic (exact) mass is 340 g/mol. The van der Waals surface area contributed by atoms with Crippen molar-refractivity contribution >= 4 is 11.0 Å². The number of rotatable bonds is 3. The second-order valence-corrected chi connectivity index (χ2v) is 6.83. The first kappa shape index (κ1) is 17.3. The van der Waals surface area contributed by atoms with Crippen molar-refractivity contribution in [1.29, 1.82) is 0 Å². The Morgan fingerprint density at radius 1 is 1.12 bits per heavy atom. The topological polar surface area (TPSA) is 57.3 Å². The number of benzene rings is 1. The maximum Gasteiger partial charge on any atom is 0.339 e. The van der Waals surface area contributed by atoms with E-state index in [-0.39, 0.29) is 5.63 Å². The van der Waals surface area contributed by atoms with E-state index < -0.39 is 0 Å². The van der Waals surface area contributed by atoms with Gasteiger partial charge in [-0.25, -0.2) is 4.79 Å². The van der Waals surface area contributed by atoms with Crippen LogP contribution >= 0.6 is 0 Å². The van der Waals surface area contributed by atoms with E-state index in [0.717, 1.165) is 39.2 Å². The van der Waals surface area contributed by atoms with Crippen molar-refractivity contribution in [3.63, 3.8) is 0 Å². The van der Waals surface area contributed by atoms with Crippen LogP contribution < -0.4 is 10.4 Å². The lowest BCUT2D eigenvalue weighted by molar-refractivity contribution is 0.413. The summed E-state index contributed by atoms with van der Waals surface area (Å²) in [5.74, 6) is 1.12. The molecule has 0 amide bonds. The van der Waals surface area contributed by atoms with Crippen LogP contribution in [0.2, 0.25) is 0 Å². The molecule has 3 rings (SSSR count). The molecule has 3 aromatic rings. The molecule has 0 spiro atoms. The number of ether oxygens (including phenoxy) is 1. The Kier molecular flexibility index (Phi) is 4.19. The maximum atomic E-state index is 12.1. The van der Waals surface area contributed by atoms with Crippen molar-refractivity contribution < 1.29 is 9.15 Å². The lowest BCUT2D eigenvalue weighted by Crippen LogP contribution is -2.07. The Morgan fingerprint density at radius 2 is 1.80 bits per heavy atom. The van der Waals surface area contributed by atoms with Gasteiger partial charge in [0.05, 0.1) is 12.8 Å². The van der Waals surface area contributed by atoms with Gasteiger partial charge in [0, 0.05) is 34.8 Å². The van der Waals surface area contributed by atoms with Gasteiger partial charge in [0.15, 0.2) is 0 Å². The molecular weight excluding hydrogens is 316 g/mol. The van der Waals surface area contributed by atoms with Crippen LogP contribution in [0.5, 0.6) is 5.75 Å². The number of methoxy groups -OCH3 is 1. The van der Waals surface area contributed by atoms with Crippen LogP contribution in [-0.4, -0.2) is 16.9 Å². The third-order valence-corrected chi connectivity index (χ3v) is 4.92. The Morgan fingerprint density at radius 3 is 2.36 bits per heavy atom. The van der Waals surface area contributed by atoms with Crippen LogP contribution in [0.3, 0.4) is 0 Å². The molecule has 25 heavy (non-hydrogen) atoms. The standard InChI is InChI=1S/C20H24N2O3/c1-10(2)16-9-15(21-22(16)6)14-8-17-18(13(5)19(14)24-7)11(3)12(4)20(23)25-17/h8-10H,1-7H3. The quantitative estimate of drug-likeness (QED) is 0.669. The first-order valence-corrected chi connectivity index (χ1v) is 8.42. The van der Waals surface area contributed by atoms with E-state index in [1.165, 1.54) is 0 Å². The Bertz CT molecular complexity index is 1030. The van der Waals surface area contributed by atoms with Gasteiger partial charge in [-0.2, -0.15) is 5.10 Å². The molecule has 0 radical (unpaired) electrons. The average molecular weight is 340 g/mol. The van der Waals surface area contributed by atoms with Crippen LogP contribution in [-0.2, 0) is 7.05 Å². The minimum atomic E-state index is -0.301. The van der Waals surface area contributed by atoms with Crippen molar-refractivity contribution in [3.05, 3.63) is 44.9 Å². The van der Waals surface area contributed by atoms with E-state index in [1.807, 2.05) is 31.6 Å². The first-order valence-electron chi connectivity index (χ1n) is 8.42. The molecule has 0 aliphatic heterocycles. The van der Waals surface area contributed by atoms with Gasteiger partial charge < -0.3 is 9.15 Å². The Hall–Kier alpha value is -2.56. The van der Waals surface area contributed by atoms with Crippen molar-refractivity contribution in [1.82, 2.24) is 9.78 Å². The summed E-state index contributed by atoms with van der Waals surface area (Å²) in [7, 11) is 3.60. The van der Waals surface area contributed by atoms with Crippen molar-refractivity contribution in [3.8, 4) is 17.0 Å². The third-order valence-electron chi connectivity index (χ3n) is 4.92. The van der Waals surface area contributed by atoms with Crippen molar-refractivity contribution in [2.45, 2.75) is 40.5 Å². The highest BCUT2D eigenvalue weighted by molar-refractivity contribution is 5.92. The fourth-order valence-corrected chi connectivity index (χ4v) is 3.44. The molecule has 0 aliphatic rings. The minimum absolute atomic E-state index is 0.301. The second-order valence-electron chi connectivity index (χ2n) is 6.83. The molecule has 0 saturated carbocycles. The predicted octanol–water partition coefficient (Wildman–Crippen LogP) is 4.25. The summed E-state index contributed by atoms with van der Waals surface area (Å²) in [4.78, 5) is 12.1. The van der Waals surface area contributed by atoms with Gasteiger partial charge in [-0.05, 0) is 44.4 Å². The highest BCUT2D eigenvalue weighted by Gasteiger charge is 2.20. The third kappa shape index (κ3) is 2.64. The van der Waals surface area contributed by atoms with Gasteiger partial charge in [0.25, 0.3) is 0 Å².